The Kier molecular flexibility index (Phi) is 2.80. The second kappa shape index (κ2) is 4.46. The first-order chi connectivity index (χ1) is 8.74. The molecule has 0 saturated heterocycles. The zero-order chi connectivity index (χ0) is 12.5. The summed E-state index contributed by atoms with van der Waals surface area (Å²) < 4.78 is 5.67. The van der Waals surface area contributed by atoms with Gasteiger partial charge in [0.05, 0.1) is 0 Å². The molecule has 2 aromatic carbocycles. The van der Waals surface area contributed by atoms with E-state index in [9.17, 15) is 4.79 Å². The molecular formula is C15H11ClO2. The van der Waals surface area contributed by atoms with E-state index in [4.69, 9.17) is 16.3 Å². The number of rotatable bonds is 2. The summed E-state index contributed by atoms with van der Waals surface area (Å²) in [6.07, 6.45) is 0.197. The van der Waals surface area contributed by atoms with E-state index in [0.717, 1.165) is 11.3 Å². The normalized spacial score (nSPS) is 17.1. The Balaban J connectivity index is 1.84. The average Bonchev–Trinajstić information content (AvgIpc) is 2.81. The van der Waals surface area contributed by atoms with Gasteiger partial charge in [-0.25, -0.2) is 0 Å². The Bertz CT molecular complexity index is 582. The molecule has 3 heteroatoms. The van der Waals surface area contributed by atoms with Crippen LogP contribution in [0.2, 0.25) is 5.02 Å². The summed E-state index contributed by atoms with van der Waals surface area (Å²) in [6, 6.07) is 14.7. The van der Waals surface area contributed by atoms with Crippen molar-refractivity contribution < 1.29 is 9.53 Å². The second-order valence-electron chi connectivity index (χ2n) is 4.29. The van der Waals surface area contributed by atoms with Crippen LogP contribution in [-0.4, -0.2) is 11.9 Å². The molecule has 1 heterocycles. The number of halogens is 1. The number of ketones is 1. The van der Waals surface area contributed by atoms with Crippen molar-refractivity contribution in [1.29, 1.82) is 0 Å². The highest BCUT2D eigenvalue weighted by atomic mass is 35.5. The van der Waals surface area contributed by atoms with Gasteiger partial charge in [0.15, 0.2) is 6.10 Å². The van der Waals surface area contributed by atoms with E-state index in [1.807, 2.05) is 24.3 Å². The molecule has 0 bridgehead atoms. The van der Waals surface area contributed by atoms with Crippen LogP contribution in [0.4, 0.5) is 0 Å². The topological polar surface area (TPSA) is 26.3 Å². The van der Waals surface area contributed by atoms with E-state index < -0.39 is 6.10 Å². The quantitative estimate of drug-likeness (QED) is 0.771. The molecule has 2 aromatic rings. The third-order valence-corrected chi connectivity index (χ3v) is 3.28. The van der Waals surface area contributed by atoms with Gasteiger partial charge in [0, 0.05) is 17.0 Å². The first-order valence-electron chi connectivity index (χ1n) is 5.78. The van der Waals surface area contributed by atoms with Crippen LogP contribution in [0, 0.1) is 0 Å². The van der Waals surface area contributed by atoms with E-state index in [1.54, 1.807) is 24.3 Å². The van der Waals surface area contributed by atoms with Crippen molar-refractivity contribution >= 4 is 17.4 Å². The van der Waals surface area contributed by atoms with Crippen LogP contribution >= 0.6 is 11.6 Å². The van der Waals surface area contributed by atoms with Crippen LogP contribution in [0.5, 0.6) is 5.75 Å². The van der Waals surface area contributed by atoms with Gasteiger partial charge >= 0.3 is 0 Å². The predicted molar refractivity (Wildman–Crippen MR) is 70.3 cm³/mol. The molecule has 0 saturated carbocycles. The van der Waals surface area contributed by atoms with E-state index in [0.29, 0.717) is 17.0 Å². The molecule has 0 unspecified atom stereocenters. The molecule has 0 aliphatic carbocycles. The highest BCUT2D eigenvalue weighted by Crippen LogP contribution is 2.29. The van der Waals surface area contributed by atoms with Gasteiger partial charge in [0.2, 0.25) is 5.78 Å². The summed E-state index contributed by atoms with van der Waals surface area (Å²) in [7, 11) is 0. The van der Waals surface area contributed by atoms with Crippen LogP contribution in [0.3, 0.4) is 0 Å². The van der Waals surface area contributed by atoms with Crippen molar-refractivity contribution in [2.45, 2.75) is 12.5 Å². The van der Waals surface area contributed by atoms with Crippen molar-refractivity contribution in [2.24, 2.45) is 0 Å². The Morgan fingerprint density at radius 1 is 1.17 bits per heavy atom. The van der Waals surface area contributed by atoms with Crippen LogP contribution in [0.1, 0.15) is 15.9 Å². The first kappa shape index (κ1) is 11.3. The lowest BCUT2D eigenvalue weighted by Gasteiger charge is -2.09. The van der Waals surface area contributed by atoms with Gasteiger partial charge in [0.1, 0.15) is 5.75 Å². The number of carbonyl (C=O) groups is 1. The molecule has 0 fully saturated rings. The maximum atomic E-state index is 12.3. The molecule has 1 atom stereocenters. The third-order valence-electron chi connectivity index (χ3n) is 3.05. The molecule has 3 rings (SSSR count). The number of hydrogen-bond donors (Lipinski definition) is 0. The van der Waals surface area contributed by atoms with Gasteiger partial charge in [-0.2, -0.15) is 0 Å². The predicted octanol–water partition coefficient (Wildman–Crippen LogP) is 3.53. The Labute approximate surface area is 110 Å². The molecule has 0 radical (unpaired) electrons. The largest absolute Gasteiger partial charge is 0.482 e. The molecule has 0 N–H and O–H groups in total. The fourth-order valence-electron chi connectivity index (χ4n) is 2.16. The number of carbonyl (C=O) groups excluding carboxylic acids is 1. The molecule has 0 aromatic heterocycles. The number of hydrogen-bond acceptors (Lipinski definition) is 2. The standard InChI is InChI=1S/C15H11ClO2/c16-12-6-3-5-11(8-12)15(17)14-9-10-4-1-2-7-13(10)18-14/h1-8,14H,9H2/t14-/m1/s1. The fourth-order valence-corrected chi connectivity index (χ4v) is 2.35. The van der Waals surface area contributed by atoms with Crippen molar-refractivity contribution in [3.8, 4) is 5.75 Å². The van der Waals surface area contributed by atoms with E-state index in [1.165, 1.54) is 0 Å². The monoisotopic (exact) mass is 258 g/mol. The maximum absolute atomic E-state index is 12.3. The minimum absolute atomic E-state index is 0.0197. The summed E-state index contributed by atoms with van der Waals surface area (Å²) in [5, 5.41) is 0.566. The smallest absolute Gasteiger partial charge is 0.203 e. The van der Waals surface area contributed by atoms with Crippen molar-refractivity contribution in [3.63, 3.8) is 0 Å². The zero-order valence-electron chi connectivity index (χ0n) is 9.60. The van der Waals surface area contributed by atoms with Gasteiger partial charge in [-0.15, -0.1) is 0 Å². The number of fused-ring (bicyclic) bond motifs is 1. The molecule has 1 aliphatic heterocycles. The van der Waals surface area contributed by atoms with E-state index in [-0.39, 0.29) is 5.78 Å². The summed E-state index contributed by atoms with van der Waals surface area (Å²) >= 11 is 5.89. The Hall–Kier alpha value is -1.80. The summed E-state index contributed by atoms with van der Waals surface area (Å²) in [5.74, 6) is 0.784. The van der Waals surface area contributed by atoms with Crippen LogP contribution in [0.15, 0.2) is 48.5 Å². The van der Waals surface area contributed by atoms with Crippen LogP contribution in [-0.2, 0) is 6.42 Å². The Morgan fingerprint density at radius 3 is 2.78 bits per heavy atom. The molecule has 0 amide bonds. The fraction of sp³-hybridized carbons (Fsp3) is 0.133. The summed E-state index contributed by atoms with van der Waals surface area (Å²) in [6.45, 7) is 0. The van der Waals surface area contributed by atoms with Crippen LogP contribution in [0.25, 0.3) is 0 Å². The minimum atomic E-state index is -0.430. The SMILES string of the molecule is O=C(c1cccc(Cl)c1)[C@H]1Cc2ccccc2O1. The number of benzene rings is 2. The molecule has 2 nitrogen and oxygen atoms in total. The number of Topliss-reactive ketones (excluding diaryl/α,β-unsaturated/α-hetero) is 1. The van der Waals surface area contributed by atoms with E-state index in [2.05, 4.69) is 0 Å². The lowest BCUT2D eigenvalue weighted by molar-refractivity contribution is 0.0825. The molecule has 1 aliphatic rings. The van der Waals surface area contributed by atoms with E-state index >= 15 is 0 Å². The highest BCUT2D eigenvalue weighted by molar-refractivity contribution is 6.31. The summed E-state index contributed by atoms with van der Waals surface area (Å²) in [5.41, 5.74) is 1.68. The van der Waals surface area contributed by atoms with Crippen molar-refractivity contribution in [2.75, 3.05) is 0 Å². The lowest BCUT2D eigenvalue weighted by atomic mass is 10.0. The lowest BCUT2D eigenvalue weighted by Crippen LogP contribution is -2.25. The molecule has 0 spiro atoms. The molecular weight excluding hydrogens is 248 g/mol. The maximum Gasteiger partial charge on any atom is 0.203 e. The van der Waals surface area contributed by atoms with Crippen LogP contribution < -0.4 is 4.74 Å². The highest BCUT2D eigenvalue weighted by Gasteiger charge is 2.29. The van der Waals surface area contributed by atoms with Gasteiger partial charge in [-0.3, -0.25) is 4.79 Å². The van der Waals surface area contributed by atoms with Gasteiger partial charge in [-0.1, -0.05) is 41.9 Å². The third kappa shape index (κ3) is 2.00. The van der Waals surface area contributed by atoms with Gasteiger partial charge in [0.25, 0.3) is 0 Å². The average molecular weight is 259 g/mol. The van der Waals surface area contributed by atoms with Gasteiger partial charge in [-0.05, 0) is 23.8 Å². The van der Waals surface area contributed by atoms with Crippen molar-refractivity contribution in [1.82, 2.24) is 0 Å². The molecule has 18 heavy (non-hydrogen) atoms. The first-order valence-corrected chi connectivity index (χ1v) is 6.16. The number of para-hydroxylation sites is 1. The minimum Gasteiger partial charge on any atom is -0.482 e. The van der Waals surface area contributed by atoms with Crippen molar-refractivity contribution in [3.05, 3.63) is 64.7 Å². The second-order valence-corrected chi connectivity index (χ2v) is 4.73. The zero-order valence-corrected chi connectivity index (χ0v) is 10.4. The van der Waals surface area contributed by atoms with Gasteiger partial charge < -0.3 is 4.74 Å². The molecule has 90 valence electrons. The Morgan fingerprint density at radius 2 is 2.00 bits per heavy atom. The summed E-state index contributed by atoms with van der Waals surface area (Å²) in [4.78, 5) is 12.3. The number of ether oxygens (including phenoxy) is 1.